The molecular formula is C21H26N2O4S. The fraction of sp³-hybridized carbons (Fsp3) is 0.381. The normalized spacial score (nSPS) is 15.5. The summed E-state index contributed by atoms with van der Waals surface area (Å²) in [4.78, 5) is 14.8. The molecule has 1 heterocycles. The lowest BCUT2D eigenvalue weighted by atomic mass is 10.0. The third kappa shape index (κ3) is 4.54. The van der Waals surface area contributed by atoms with Crippen molar-refractivity contribution < 1.29 is 17.9 Å². The maximum atomic E-state index is 13.0. The lowest BCUT2D eigenvalue weighted by Gasteiger charge is -2.31. The van der Waals surface area contributed by atoms with Crippen molar-refractivity contribution in [3.8, 4) is 0 Å². The summed E-state index contributed by atoms with van der Waals surface area (Å²) >= 11 is 0. The Labute approximate surface area is 166 Å². The van der Waals surface area contributed by atoms with Crippen LogP contribution < -0.4 is 4.72 Å². The molecule has 0 bridgehead atoms. The maximum absolute atomic E-state index is 13.0. The van der Waals surface area contributed by atoms with Gasteiger partial charge in [0.15, 0.2) is 0 Å². The number of rotatable bonds is 5. The molecule has 28 heavy (non-hydrogen) atoms. The van der Waals surface area contributed by atoms with Crippen LogP contribution in [-0.2, 0) is 14.8 Å². The number of hydrogen-bond donors (Lipinski definition) is 1. The second-order valence-electron chi connectivity index (χ2n) is 7.18. The highest BCUT2D eigenvalue weighted by molar-refractivity contribution is 7.92. The van der Waals surface area contributed by atoms with Crippen molar-refractivity contribution >= 4 is 21.6 Å². The van der Waals surface area contributed by atoms with Crippen LogP contribution >= 0.6 is 0 Å². The van der Waals surface area contributed by atoms with E-state index < -0.39 is 10.0 Å². The molecule has 6 nitrogen and oxygen atoms in total. The van der Waals surface area contributed by atoms with Gasteiger partial charge in [-0.3, -0.25) is 9.52 Å². The van der Waals surface area contributed by atoms with Crippen LogP contribution in [0.2, 0.25) is 0 Å². The number of carbonyl (C=O) groups excluding carboxylic acids is 1. The highest BCUT2D eigenvalue weighted by atomic mass is 32.2. The molecule has 0 aliphatic carbocycles. The van der Waals surface area contributed by atoms with Crippen LogP contribution in [0.4, 0.5) is 5.69 Å². The number of piperidine rings is 1. The van der Waals surface area contributed by atoms with Crippen molar-refractivity contribution in [2.75, 3.05) is 24.9 Å². The second kappa shape index (κ2) is 8.32. The summed E-state index contributed by atoms with van der Waals surface area (Å²) in [5, 5.41) is 0. The van der Waals surface area contributed by atoms with Gasteiger partial charge >= 0.3 is 0 Å². The zero-order chi connectivity index (χ0) is 20.3. The van der Waals surface area contributed by atoms with Gasteiger partial charge < -0.3 is 9.64 Å². The van der Waals surface area contributed by atoms with Crippen LogP contribution in [0.3, 0.4) is 0 Å². The fourth-order valence-electron chi connectivity index (χ4n) is 3.39. The number of aryl methyl sites for hydroxylation is 2. The van der Waals surface area contributed by atoms with Crippen molar-refractivity contribution in [1.29, 1.82) is 0 Å². The van der Waals surface area contributed by atoms with E-state index in [0.717, 1.165) is 24.0 Å². The summed E-state index contributed by atoms with van der Waals surface area (Å²) in [5.74, 6) is -0.139. The number of hydrogen-bond acceptors (Lipinski definition) is 4. The molecular weight excluding hydrogens is 376 g/mol. The summed E-state index contributed by atoms with van der Waals surface area (Å²) in [6, 6.07) is 11.8. The van der Waals surface area contributed by atoms with Gasteiger partial charge in [-0.15, -0.1) is 0 Å². The summed E-state index contributed by atoms with van der Waals surface area (Å²) < 4.78 is 33.5. The van der Waals surface area contributed by atoms with Gasteiger partial charge in [0.25, 0.3) is 15.9 Å². The average Bonchev–Trinajstić information content (AvgIpc) is 2.67. The van der Waals surface area contributed by atoms with Gasteiger partial charge in [-0.1, -0.05) is 18.2 Å². The molecule has 1 aliphatic rings. The number of nitrogens with zero attached hydrogens (tertiary/aromatic N) is 1. The molecule has 0 spiro atoms. The lowest BCUT2D eigenvalue weighted by Crippen LogP contribution is -2.40. The molecule has 1 N–H and O–H groups in total. The number of benzene rings is 2. The van der Waals surface area contributed by atoms with Crippen molar-refractivity contribution in [1.82, 2.24) is 4.90 Å². The fourth-order valence-corrected chi connectivity index (χ4v) is 4.46. The molecule has 1 saturated heterocycles. The topological polar surface area (TPSA) is 75.7 Å². The SMILES string of the molecule is COC1CCN(C(=O)c2cc(S(=O)(=O)Nc3cccc(C)c3)ccc2C)CC1. The Kier molecular flexibility index (Phi) is 6.05. The minimum absolute atomic E-state index is 0.0785. The minimum Gasteiger partial charge on any atom is -0.381 e. The van der Waals surface area contributed by atoms with Crippen LogP contribution in [0.5, 0.6) is 0 Å². The van der Waals surface area contributed by atoms with E-state index in [2.05, 4.69) is 4.72 Å². The average molecular weight is 403 g/mol. The number of carbonyl (C=O) groups is 1. The summed E-state index contributed by atoms with van der Waals surface area (Å²) in [6.45, 7) is 4.93. The predicted octanol–water partition coefficient (Wildman–Crippen LogP) is 3.36. The smallest absolute Gasteiger partial charge is 0.261 e. The van der Waals surface area contributed by atoms with E-state index in [-0.39, 0.29) is 16.9 Å². The molecule has 150 valence electrons. The monoisotopic (exact) mass is 402 g/mol. The third-order valence-corrected chi connectivity index (χ3v) is 6.46. The van der Waals surface area contributed by atoms with Gasteiger partial charge in [0.05, 0.1) is 11.0 Å². The molecule has 0 radical (unpaired) electrons. The third-order valence-electron chi connectivity index (χ3n) is 5.08. The zero-order valence-electron chi connectivity index (χ0n) is 16.4. The largest absolute Gasteiger partial charge is 0.381 e. The molecule has 0 saturated carbocycles. The van der Waals surface area contributed by atoms with Gasteiger partial charge in [-0.2, -0.15) is 0 Å². The quantitative estimate of drug-likeness (QED) is 0.832. The van der Waals surface area contributed by atoms with Crippen LogP contribution in [0, 0.1) is 13.8 Å². The number of nitrogens with one attached hydrogen (secondary N) is 1. The van der Waals surface area contributed by atoms with E-state index in [0.29, 0.717) is 24.3 Å². The zero-order valence-corrected chi connectivity index (χ0v) is 17.3. The van der Waals surface area contributed by atoms with Crippen molar-refractivity contribution in [3.63, 3.8) is 0 Å². The summed E-state index contributed by atoms with van der Waals surface area (Å²) in [6.07, 6.45) is 1.75. The minimum atomic E-state index is -3.79. The molecule has 1 aliphatic heterocycles. The van der Waals surface area contributed by atoms with E-state index in [1.54, 1.807) is 36.3 Å². The van der Waals surface area contributed by atoms with Crippen molar-refractivity contribution in [3.05, 3.63) is 59.2 Å². The van der Waals surface area contributed by atoms with E-state index in [1.165, 1.54) is 12.1 Å². The molecule has 0 aromatic heterocycles. The first kappa shape index (κ1) is 20.4. The first-order valence-corrected chi connectivity index (χ1v) is 10.8. The predicted molar refractivity (Wildman–Crippen MR) is 109 cm³/mol. The molecule has 2 aromatic rings. The Morgan fingerprint density at radius 3 is 2.46 bits per heavy atom. The molecule has 3 rings (SSSR count). The Morgan fingerprint density at radius 2 is 1.82 bits per heavy atom. The van der Waals surface area contributed by atoms with E-state index in [4.69, 9.17) is 4.74 Å². The van der Waals surface area contributed by atoms with Crippen LogP contribution in [0.15, 0.2) is 47.4 Å². The maximum Gasteiger partial charge on any atom is 0.261 e. The second-order valence-corrected chi connectivity index (χ2v) is 8.86. The summed E-state index contributed by atoms with van der Waals surface area (Å²) in [5.41, 5.74) is 2.63. The van der Waals surface area contributed by atoms with Gasteiger partial charge in [0.2, 0.25) is 0 Å². The molecule has 0 atom stereocenters. The number of anilines is 1. The van der Waals surface area contributed by atoms with Gasteiger partial charge in [-0.05, 0) is 62.1 Å². The highest BCUT2D eigenvalue weighted by Gasteiger charge is 2.26. The van der Waals surface area contributed by atoms with Gasteiger partial charge in [-0.25, -0.2) is 8.42 Å². The number of methoxy groups -OCH3 is 1. The Balaban J connectivity index is 1.83. The Bertz CT molecular complexity index is 964. The van der Waals surface area contributed by atoms with Gasteiger partial charge in [0.1, 0.15) is 0 Å². The van der Waals surface area contributed by atoms with E-state index in [1.807, 2.05) is 19.9 Å². The van der Waals surface area contributed by atoms with Gasteiger partial charge in [0, 0.05) is 31.5 Å². The number of likely N-dealkylation sites (tertiary alicyclic amines) is 1. The molecule has 7 heteroatoms. The van der Waals surface area contributed by atoms with E-state index in [9.17, 15) is 13.2 Å². The Morgan fingerprint density at radius 1 is 1.11 bits per heavy atom. The lowest BCUT2D eigenvalue weighted by molar-refractivity contribution is 0.0350. The first-order valence-electron chi connectivity index (χ1n) is 9.32. The molecule has 1 fully saturated rings. The molecule has 2 aromatic carbocycles. The Hall–Kier alpha value is -2.38. The van der Waals surface area contributed by atoms with E-state index >= 15 is 0 Å². The first-order chi connectivity index (χ1) is 13.3. The summed E-state index contributed by atoms with van der Waals surface area (Å²) in [7, 11) is -2.10. The number of sulfonamides is 1. The van der Waals surface area contributed by atoms with Crippen LogP contribution in [0.25, 0.3) is 0 Å². The molecule has 1 amide bonds. The standard InChI is InChI=1S/C21H26N2O4S/c1-15-5-4-6-17(13-15)22-28(25,26)19-8-7-16(2)20(14-19)21(24)23-11-9-18(27-3)10-12-23/h4-8,13-14,18,22H,9-12H2,1-3H3. The van der Waals surface area contributed by atoms with Crippen LogP contribution in [-0.4, -0.2) is 45.5 Å². The number of ether oxygens (including phenoxy) is 1. The van der Waals surface area contributed by atoms with Crippen molar-refractivity contribution in [2.45, 2.75) is 37.7 Å². The number of amides is 1. The van der Waals surface area contributed by atoms with Crippen LogP contribution in [0.1, 0.15) is 34.3 Å². The molecule has 0 unspecified atom stereocenters. The highest BCUT2D eigenvalue weighted by Crippen LogP contribution is 2.22. The van der Waals surface area contributed by atoms with Crippen molar-refractivity contribution in [2.24, 2.45) is 0 Å².